The van der Waals surface area contributed by atoms with Gasteiger partial charge in [-0.15, -0.1) is 0 Å². The molecule has 2 aliphatic rings. The van der Waals surface area contributed by atoms with Gasteiger partial charge in [0.1, 0.15) is 11.3 Å². The summed E-state index contributed by atoms with van der Waals surface area (Å²) in [5.74, 6) is 0.984. The van der Waals surface area contributed by atoms with E-state index < -0.39 is 0 Å². The van der Waals surface area contributed by atoms with Gasteiger partial charge >= 0.3 is 0 Å². The Balaban J connectivity index is 1.62. The van der Waals surface area contributed by atoms with Crippen LogP contribution in [0.15, 0.2) is 12.1 Å². The number of amides is 1. The first-order valence-electron chi connectivity index (χ1n) is 9.92. The standard InChI is InChI=1S/C20H26ClN3O3S/c1-26-16-7-6-15(21)18-17(16)22-20(28-18)24(19(25)14-4-2-3-5-14)9-8-23-10-12-27-13-11-23/h6-7,14H,2-5,8-13H2,1H3. The van der Waals surface area contributed by atoms with Crippen LogP contribution in [-0.2, 0) is 9.53 Å². The van der Waals surface area contributed by atoms with E-state index in [2.05, 4.69) is 4.90 Å². The SMILES string of the molecule is COc1ccc(Cl)c2sc(N(CCN3CCOCC3)C(=O)C3CCCC3)nc12. The van der Waals surface area contributed by atoms with E-state index in [1.165, 1.54) is 11.3 Å². The lowest BCUT2D eigenvalue weighted by Crippen LogP contribution is -2.44. The predicted octanol–water partition coefficient (Wildman–Crippen LogP) is 3.81. The number of thiazole rings is 1. The third kappa shape index (κ3) is 4.13. The van der Waals surface area contributed by atoms with Crippen LogP contribution in [0.3, 0.4) is 0 Å². The first kappa shape index (κ1) is 19.9. The topological polar surface area (TPSA) is 54.9 Å². The molecule has 6 nitrogen and oxygen atoms in total. The number of anilines is 1. The lowest BCUT2D eigenvalue weighted by Gasteiger charge is -2.30. The monoisotopic (exact) mass is 423 g/mol. The Labute approximate surface area is 174 Å². The molecule has 0 N–H and O–H groups in total. The number of hydrogen-bond donors (Lipinski definition) is 0. The van der Waals surface area contributed by atoms with Gasteiger partial charge in [0.15, 0.2) is 5.13 Å². The maximum atomic E-state index is 13.3. The minimum atomic E-state index is 0.106. The first-order valence-corrected chi connectivity index (χ1v) is 11.1. The molecule has 1 aliphatic carbocycles. The predicted molar refractivity (Wildman–Crippen MR) is 113 cm³/mol. The van der Waals surface area contributed by atoms with Crippen molar-refractivity contribution in [2.75, 3.05) is 51.4 Å². The number of morpholine rings is 1. The summed E-state index contributed by atoms with van der Waals surface area (Å²) < 4.78 is 11.8. The maximum Gasteiger partial charge on any atom is 0.231 e. The largest absolute Gasteiger partial charge is 0.494 e. The lowest BCUT2D eigenvalue weighted by atomic mass is 10.1. The summed E-state index contributed by atoms with van der Waals surface area (Å²) in [5.41, 5.74) is 0.727. The van der Waals surface area contributed by atoms with Gasteiger partial charge in [-0.05, 0) is 25.0 Å². The number of nitrogens with zero attached hydrogens (tertiary/aromatic N) is 3. The van der Waals surface area contributed by atoms with Crippen LogP contribution in [0.4, 0.5) is 5.13 Å². The van der Waals surface area contributed by atoms with Crippen LogP contribution in [0.2, 0.25) is 5.02 Å². The van der Waals surface area contributed by atoms with Crippen LogP contribution in [0, 0.1) is 5.92 Å². The number of methoxy groups -OCH3 is 1. The zero-order chi connectivity index (χ0) is 19.5. The molecule has 4 rings (SSSR count). The van der Waals surface area contributed by atoms with E-state index in [0.717, 1.165) is 68.7 Å². The molecule has 1 saturated carbocycles. The Bertz CT molecular complexity index is 831. The summed E-state index contributed by atoms with van der Waals surface area (Å²) in [6, 6.07) is 3.65. The van der Waals surface area contributed by atoms with E-state index in [4.69, 9.17) is 26.1 Å². The Morgan fingerprint density at radius 1 is 1.36 bits per heavy atom. The molecule has 0 unspecified atom stereocenters. The molecule has 152 valence electrons. The molecule has 28 heavy (non-hydrogen) atoms. The Hall–Kier alpha value is -1.41. The van der Waals surface area contributed by atoms with Crippen molar-refractivity contribution in [1.29, 1.82) is 0 Å². The molecule has 2 aromatic rings. The van der Waals surface area contributed by atoms with Crippen LogP contribution >= 0.6 is 22.9 Å². The highest BCUT2D eigenvalue weighted by Crippen LogP contribution is 2.39. The fourth-order valence-corrected chi connectivity index (χ4v) is 5.27. The van der Waals surface area contributed by atoms with Gasteiger partial charge in [0.2, 0.25) is 5.91 Å². The number of halogens is 1. The Morgan fingerprint density at radius 3 is 2.82 bits per heavy atom. The van der Waals surface area contributed by atoms with Gasteiger partial charge in [0, 0.05) is 32.1 Å². The molecular formula is C20H26ClN3O3S. The highest BCUT2D eigenvalue weighted by molar-refractivity contribution is 7.23. The number of carbonyl (C=O) groups excluding carboxylic acids is 1. The van der Waals surface area contributed by atoms with Gasteiger partial charge in [0.25, 0.3) is 0 Å². The summed E-state index contributed by atoms with van der Waals surface area (Å²) in [6.45, 7) is 4.78. The van der Waals surface area contributed by atoms with E-state index in [9.17, 15) is 4.79 Å². The van der Waals surface area contributed by atoms with Gasteiger partial charge in [-0.3, -0.25) is 14.6 Å². The minimum absolute atomic E-state index is 0.106. The van der Waals surface area contributed by atoms with Crippen LogP contribution in [-0.4, -0.2) is 62.3 Å². The van der Waals surface area contributed by atoms with Gasteiger partial charge in [-0.2, -0.15) is 0 Å². The summed E-state index contributed by atoms with van der Waals surface area (Å²) in [6.07, 6.45) is 4.21. The van der Waals surface area contributed by atoms with Gasteiger partial charge < -0.3 is 9.47 Å². The Morgan fingerprint density at radius 2 is 2.11 bits per heavy atom. The molecule has 1 aromatic heterocycles. The van der Waals surface area contributed by atoms with Crippen molar-refractivity contribution in [1.82, 2.24) is 9.88 Å². The molecule has 0 atom stereocenters. The molecular weight excluding hydrogens is 398 g/mol. The number of carbonyl (C=O) groups is 1. The summed E-state index contributed by atoms with van der Waals surface area (Å²) in [7, 11) is 1.63. The molecule has 2 fully saturated rings. The molecule has 2 heterocycles. The van der Waals surface area contributed by atoms with Crippen molar-refractivity contribution in [3.05, 3.63) is 17.2 Å². The number of benzene rings is 1. The zero-order valence-electron chi connectivity index (χ0n) is 16.2. The third-order valence-corrected chi connectivity index (χ3v) is 7.15. The fraction of sp³-hybridized carbons (Fsp3) is 0.600. The summed E-state index contributed by atoms with van der Waals surface area (Å²) in [4.78, 5) is 22.3. The highest BCUT2D eigenvalue weighted by Gasteiger charge is 2.30. The van der Waals surface area contributed by atoms with E-state index in [-0.39, 0.29) is 11.8 Å². The number of fused-ring (bicyclic) bond motifs is 1. The normalized spacial score (nSPS) is 18.6. The van der Waals surface area contributed by atoms with Gasteiger partial charge in [-0.1, -0.05) is 35.8 Å². The van der Waals surface area contributed by atoms with Crippen molar-refractivity contribution >= 4 is 44.2 Å². The van der Waals surface area contributed by atoms with Crippen molar-refractivity contribution < 1.29 is 14.3 Å². The zero-order valence-corrected chi connectivity index (χ0v) is 17.7. The lowest BCUT2D eigenvalue weighted by molar-refractivity contribution is -0.122. The summed E-state index contributed by atoms with van der Waals surface area (Å²) in [5, 5.41) is 1.35. The summed E-state index contributed by atoms with van der Waals surface area (Å²) >= 11 is 7.87. The van der Waals surface area contributed by atoms with E-state index in [1.807, 2.05) is 17.0 Å². The third-order valence-electron chi connectivity index (χ3n) is 5.61. The Kier molecular flexibility index (Phi) is 6.35. The molecule has 0 bridgehead atoms. The molecule has 1 aromatic carbocycles. The average molecular weight is 424 g/mol. The smallest absolute Gasteiger partial charge is 0.231 e. The van der Waals surface area contributed by atoms with E-state index in [0.29, 0.717) is 22.4 Å². The van der Waals surface area contributed by atoms with Gasteiger partial charge in [0.05, 0.1) is 30.0 Å². The quantitative estimate of drug-likeness (QED) is 0.707. The number of aromatic nitrogens is 1. The number of rotatable bonds is 6. The molecule has 0 spiro atoms. The van der Waals surface area contributed by atoms with Crippen LogP contribution in [0.1, 0.15) is 25.7 Å². The van der Waals surface area contributed by atoms with Crippen molar-refractivity contribution in [3.63, 3.8) is 0 Å². The molecule has 1 amide bonds. The van der Waals surface area contributed by atoms with Gasteiger partial charge in [-0.25, -0.2) is 4.98 Å². The van der Waals surface area contributed by atoms with Crippen LogP contribution < -0.4 is 9.64 Å². The van der Waals surface area contributed by atoms with Crippen molar-refractivity contribution in [2.24, 2.45) is 5.92 Å². The van der Waals surface area contributed by atoms with E-state index in [1.54, 1.807) is 7.11 Å². The second-order valence-electron chi connectivity index (χ2n) is 7.35. The molecule has 1 aliphatic heterocycles. The fourth-order valence-electron chi connectivity index (χ4n) is 3.98. The van der Waals surface area contributed by atoms with Crippen LogP contribution in [0.25, 0.3) is 10.2 Å². The van der Waals surface area contributed by atoms with Crippen LogP contribution in [0.5, 0.6) is 5.75 Å². The molecule has 0 radical (unpaired) electrons. The number of ether oxygens (including phenoxy) is 2. The molecule has 8 heteroatoms. The maximum absolute atomic E-state index is 13.3. The highest BCUT2D eigenvalue weighted by atomic mass is 35.5. The second-order valence-corrected chi connectivity index (χ2v) is 8.73. The van der Waals surface area contributed by atoms with Crippen molar-refractivity contribution in [3.8, 4) is 5.75 Å². The van der Waals surface area contributed by atoms with Crippen molar-refractivity contribution in [2.45, 2.75) is 25.7 Å². The minimum Gasteiger partial charge on any atom is -0.494 e. The second kappa shape index (κ2) is 8.95. The van der Waals surface area contributed by atoms with E-state index >= 15 is 0 Å². The average Bonchev–Trinajstić information content (AvgIpc) is 3.40. The molecule has 1 saturated heterocycles. The first-order chi connectivity index (χ1) is 13.7. The number of hydrogen-bond acceptors (Lipinski definition) is 6.